The Kier molecular flexibility index (Phi) is 4.04. The van der Waals surface area contributed by atoms with Crippen LogP contribution in [0, 0.1) is 11.6 Å². The standard InChI is InChI=1S/C12H10F2N4O2/c1-20-12-15-5-10(6-16-12)18-11(19)17-9-3-7(13)2-8(14)4-9/h2-6H,1H3,(H2,17,18,19). The number of methoxy groups -OCH3 is 1. The van der Waals surface area contributed by atoms with Crippen LogP contribution < -0.4 is 15.4 Å². The zero-order valence-electron chi connectivity index (χ0n) is 10.4. The molecule has 0 aliphatic rings. The summed E-state index contributed by atoms with van der Waals surface area (Å²) in [6.07, 6.45) is 2.66. The van der Waals surface area contributed by atoms with E-state index in [1.54, 1.807) is 0 Å². The van der Waals surface area contributed by atoms with Crippen molar-refractivity contribution >= 4 is 17.4 Å². The molecule has 0 unspecified atom stereocenters. The first-order valence-corrected chi connectivity index (χ1v) is 5.47. The summed E-state index contributed by atoms with van der Waals surface area (Å²) in [6.45, 7) is 0. The molecule has 0 spiro atoms. The van der Waals surface area contributed by atoms with E-state index in [0.29, 0.717) is 11.8 Å². The fraction of sp³-hybridized carbons (Fsp3) is 0.0833. The highest BCUT2D eigenvalue weighted by atomic mass is 19.1. The zero-order chi connectivity index (χ0) is 14.5. The Morgan fingerprint density at radius 1 is 1.05 bits per heavy atom. The summed E-state index contributed by atoms with van der Waals surface area (Å²) < 4.78 is 30.6. The molecule has 1 aromatic heterocycles. The number of ether oxygens (including phenoxy) is 1. The largest absolute Gasteiger partial charge is 0.467 e. The van der Waals surface area contributed by atoms with Crippen LogP contribution in [0.1, 0.15) is 0 Å². The van der Waals surface area contributed by atoms with Gasteiger partial charge in [-0.1, -0.05) is 0 Å². The van der Waals surface area contributed by atoms with Gasteiger partial charge in [0.2, 0.25) is 0 Å². The van der Waals surface area contributed by atoms with Crippen molar-refractivity contribution in [3.63, 3.8) is 0 Å². The van der Waals surface area contributed by atoms with E-state index in [1.165, 1.54) is 19.5 Å². The summed E-state index contributed by atoms with van der Waals surface area (Å²) in [5, 5.41) is 4.69. The fourth-order valence-electron chi connectivity index (χ4n) is 1.41. The molecule has 2 amide bonds. The Bertz CT molecular complexity index is 599. The molecule has 0 aliphatic carbocycles. The van der Waals surface area contributed by atoms with Gasteiger partial charge in [0.25, 0.3) is 0 Å². The van der Waals surface area contributed by atoms with Crippen molar-refractivity contribution in [2.75, 3.05) is 17.7 Å². The molecule has 0 fully saturated rings. The van der Waals surface area contributed by atoms with Crippen molar-refractivity contribution in [1.29, 1.82) is 0 Å². The van der Waals surface area contributed by atoms with Crippen molar-refractivity contribution in [2.45, 2.75) is 0 Å². The lowest BCUT2D eigenvalue weighted by Gasteiger charge is -2.07. The third-order valence-corrected chi connectivity index (χ3v) is 2.19. The van der Waals surface area contributed by atoms with Crippen LogP contribution in [0.2, 0.25) is 0 Å². The number of aromatic nitrogens is 2. The van der Waals surface area contributed by atoms with Crippen molar-refractivity contribution in [1.82, 2.24) is 9.97 Å². The predicted octanol–water partition coefficient (Wildman–Crippen LogP) is 2.41. The Hall–Kier alpha value is -2.77. The summed E-state index contributed by atoms with van der Waals surface area (Å²) in [5.41, 5.74) is 0.301. The molecule has 2 N–H and O–H groups in total. The lowest BCUT2D eigenvalue weighted by molar-refractivity contribution is 0.262. The lowest BCUT2D eigenvalue weighted by atomic mass is 10.3. The maximum Gasteiger partial charge on any atom is 0.323 e. The van der Waals surface area contributed by atoms with Gasteiger partial charge in [-0.25, -0.2) is 23.5 Å². The van der Waals surface area contributed by atoms with Crippen LogP contribution in [-0.4, -0.2) is 23.1 Å². The normalized spacial score (nSPS) is 9.95. The fourth-order valence-corrected chi connectivity index (χ4v) is 1.41. The first-order valence-electron chi connectivity index (χ1n) is 5.47. The highest BCUT2D eigenvalue weighted by Crippen LogP contribution is 2.13. The first kappa shape index (κ1) is 13.7. The maximum absolute atomic E-state index is 12.9. The molecule has 1 heterocycles. The molecule has 104 valence electrons. The van der Waals surface area contributed by atoms with Gasteiger partial charge in [-0.3, -0.25) is 0 Å². The molecule has 8 heteroatoms. The van der Waals surface area contributed by atoms with Gasteiger partial charge < -0.3 is 15.4 Å². The molecule has 2 rings (SSSR count). The summed E-state index contributed by atoms with van der Waals surface area (Å²) in [7, 11) is 1.41. The Balaban J connectivity index is 2.01. The molecule has 6 nitrogen and oxygen atoms in total. The molecule has 2 aromatic rings. The Labute approximate surface area is 112 Å². The smallest absolute Gasteiger partial charge is 0.323 e. The van der Waals surface area contributed by atoms with Crippen molar-refractivity contribution in [3.8, 4) is 6.01 Å². The molecular formula is C12H10F2N4O2. The van der Waals surface area contributed by atoms with E-state index in [2.05, 4.69) is 20.6 Å². The number of nitrogens with zero attached hydrogens (tertiary/aromatic N) is 2. The number of anilines is 2. The van der Waals surface area contributed by atoms with Gasteiger partial charge in [0.15, 0.2) is 0 Å². The van der Waals surface area contributed by atoms with Gasteiger partial charge in [0.1, 0.15) is 11.6 Å². The first-order chi connectivity index (χ1) is 9.56. The topological polar surface area (TPSA) is 76.1 Å². The van der Waals surface area contributed by atoms with Crippen molar-refractivity contribution in [3.05, 3.63) is 42.2 Å². The van der Waals surface area contributed by atoms with Gasteiger partial charge >= 0.3 is 12.0 Å². The van der Waals surface area contributed by atoms with E-state index < -0.39 is 17.7 Å². The highest BCUT2D eigenvalue weighted by Gasteiger charge is 2.06. The summed E-state index contributed by atoms with van der Waals surface area (Å²) in [4.78, 5) is 19.2. The molecular weight excluding hydrogens is 270 g/mol. The molecule has 0 bridgehead atoms. The third-order valence-electron chi connectivity index (χ3n) is 2.19. The monoisotopic (exact) mass is 280 g/mol. The van der Waals surface area contributed by atoms with E-state index >= 15 is 0 Å². The number of halogens is 2. The van der Waals surface area contributed by atoms with E-state index in [1.807, 2.05) is 0 Å². The predicted molar refractivity (Wildman–Crippen MR) is 67.6 cm³/mol. The molecule has 0 radical (unpaired) electrons. The minimum absolute atomic E-state index is 0.00516. The van der Waals surface area contributed by atoms with Crippen LogP contribution in [0.5, 0.6) is 6.01 Å². The molecule has 1 aromatic carbocycles. The number of hydrogen-bond donors (Lipinski definition) is 2. The van der Waals surface area contributed by atoms with E-state index in [0.717, 1.165) is 12.1 Å². The lowest BCUT2D eigenvalue weighted by Crippen LogP contribution is -2.19. The number of nitrogens with one attached hydrogen (secondary N) is 2. The highest BCUT2D eigenvalue weighted by molar-refractivity contribution is 5.99. The van der Waals surface area contributed by atoms with Gasteiger partial charge in [0.05, 0.1) is 25.2 Å². The number of carbonyl (C=O) groups is 1. The van der Waals surface area contributed by atoms with Crippen LogP contribution in [0.3, 0.4) is 0 Å². The second kappa shape index (κ2) is 5.91. The van der Waals surface area contributed by atoms with Crippen LogP contribution in [0.4, 0.5) is 25.0 Å². The van der Waals surface area contributed by atoms with Crippen LogP contribution >= 0.6 is 0 Å². The minimum Gasteiger partial charge on any atom is -0.467 e. The average Bonchev–Trinajstić information content (AvgIpc) is 2.38. The Morgan fingerprint density at radius 3 is 2.15 bits per heavy atom. The van der Waals surface area contributed by atoms with E-state index in [-0.39, 0.29) is 11.7 Å². The van der Waals surface area contributed by atoms with Crippen LogP contribution in [-0.2, 0) is 0 Å². The molecule has 20 heavy (non-hydrogen) atoms. The van der Waals surface area contributed by atoms with Crippen molar-refractivity contribution < 1.29 is 18.3 Å². The second-order valence-electron chi connectivity index (χ2n) is 3.70. The van der Waals surface area contributed by atoms with Gasteiger partial charge in [-0.15, -0.1) is 0 Å². The van der Waals surface area contributed by atoms with E-state index in [4.69, 9.17) is 4.74 Å². The Morgan fingerprint density at radius 2 is 1.60 bits per heavy atom. The number of carbonyl (C=O) groups excluding carboxylic acids is 1. The third kappa shape index (κ3) is 3.61. The number of urea groups is 1. The summed E-state index contributed by atoms with van der Waals surface area (Å²) in [6, 6.07) is 2.17. The SMILES string of the molecule is COc1ncc(NC(=O)Nc2cc(F)cc(F)c2)cn1. The van der Waals surface area contributed by atoms with Gasteiger partial charge in [0, 0.05) is 11.8 Å². The molecule has 0 atom stereocenters. The molecule has 0 saturated carbocycles. The quantitative estimate of drug-likeness (QED) is 0.905. The van der Waals surface area contributed by atoms with Crippen molar-refractivity contribution in [2.24, 2.45) is 0 Å². The minimum atomic E-state index is -0.784. The van der Waals surface area contributed by atoms with Crippen LogP contribution in [0.15, 0.2) is 30.6 Å². The van der Waals surface area contributed by atoms with Gasteiger partial charge in [-0.2, -0.15) is 0 Å². The molecule has 0 saturated heterocycles. The maximum atomic E-state index is 12.9. The number of hydrogen-bond acceptors (Lipinski definition) is 4. The number of rotatable bonds is 3. The second-order valence-corrected chi connectivity index (χ2v) is 3.70. The number of amides is 2. The number of benzene rings is 1. The average molecular weight is 280 g/mol. The zero-order valence-corrected chi connectivity index (χ0v) is 10.4. The van der Waals surface area contributed by atoms with Crippen LogP contribution in [0.25, 0.3) is 0 Å². The molecule has 0 aliphatic heterocycles. The van der Waals surface area contributed by atoms with Gasteiger partial charge in [-0.05, 0) is 12.1 Å². The summed E-state index contributed by atoms with van der Waals surface area (Å²) in [5.74, 6) is -1.57. The summed E-state index contributed by atoms with van der Waals surface area (Å²) >= 11 is 0. The van der Waals surface area contributed by atoms with E-state index in [9.17, 15) is 13.6 Å².